The summed E-state index contributed by atoms with van der Waals surface area (Å²) in [4.78, 5) is 7.61. The number of halogens is 1. The molecule has 8 nitrogen and oxygen atoms in total. The van der Waals surface area contributed by atoms with Gasteiger partial charge in [0.2, 0.25) is 0 Å². The van der Waals surface area contributed by atoms with Crippen molar-refractivity contribution in [3.05, 3.63) is 11.5 Å². The van der Waals surface area contributed by atoms with Gasteiger partial charge in [0.1, 0.15) is 23.7 Å². The number of rotatable bonds is 2. The van der Waals surface area contributed by atoms with Crippen LogP contribution in [0.1, 0.15) is 6.42 Å². The van der Waals surface area contributed by atoms with Crippen LogP contribution in [0.4, 0.5) is 11.5 Å². The van der Waals surface area contributed by atoms with Crippen LogP contribution in [0, 0.1) is 5.92 Å². The van der Waals surface area contributed by atoms with Crippen LogP contribution < -0.4 is 11.1 Å². The summed E-state index contributed by atoms with van der Waals surface area (Å²) in [6.07, 6.45) is -2.27. The van der Waals surface area contributed by atoms with Crippen LogP contribution in [0.3, 0.4) is 0 Å². The Kier molecular flexibility index (Phi) is 3.03. The maximum Gasteiger partial charge on any atom is 0.157 e. The van der Waals surface area contributed by atoms with Gasteiger partial charge in [-0.2, -0.15) is 0 Å². The van der Waals surface area contributed by atoms with Crippen molar-refractivity contribution in [1.29, 1.82) is 0 Å². The lowest BCUT2D eigenvalue weighted by molar-refractivity contribution is -0.112. The molecule has 0 saturated heterocycles. The molecule has 2 saturated carbocycles. The molecule has 110 valence electrons. The van der Waals surface area contributed by atoms with Gasteiger partial charge in [-0.1, -0.05) is 11.6 Å². The fraction of sp³-hybridized carbons (Fsp3) is 0.636. The van der Waals surface area contributed by atoms with Crippen LogP contribution in [-0.4, -0.2) is 60.3 Å². The Bertz CT molecular complexity index is 547. The molecule has 1 aromatic rings. The Labute approximate surface area is 119 Å². The van der Waals surface area contributed by atoms with Gasteiger partial charge in [-0.3, -0.25) is 0 Å². The molecule has 2 aliphatic carbocycles. The standard InChI is InChI=1S/C11H15ClN4O4/c12-9-5(13)10(15-2-14-9)16-6-4-3(17)1-11(20,7(4)18)8(6)19/h2-4,6-8,17-20H,1,13H2,(H,14,15,16)/t3-,4+,6-,7-,8+,11-/m1/s1. The third-order valence-corrected chi connectivity index (χ3v) is 4.56. The van der Waals surface area contributed by atoms with E-state index >= 15 is 0 Å². The predicted octanol–water partition coefficient (Wildman–Crippen LogP) is -1.66. The van der Waals surface area contributed by atoms with Gasteiger partial charge in [-0.15, -0.1) is 0 Å². The average Bonchev–Trinajstić information content (AvgIpc) is 2.71. The SMILES string of the molecule is Nc1c(Cl)ncnc1N[C@@H]1[C@@H]2[C@H](O)C[C@@](O)([C@@H]2O)[C@H]1O. The second kappa shape index (κ2) is 4.40. The zero-order chi connectivity index (χ0) is 14.7. The van der Waals surface area contributed by atoms with Crippen LogP contribution in [0.15, 0.2) is 6.33 Å². The number of aliphatic hydroxyl groups excluding tert-OH is 3. The lowest BCUT2D eigenvalue weighted by Gasteiger charge is -2.34. The minimum Gasteiger partial charge on any atom is -0.393 e. The van der Waals surface area contributed by atoms with E-state index in [-0.39, 0.29) is 23.1 Å². The number of hydrogen-bond acceptors (Lipinski definition) is 8. The monoisotopic (exact) mass is 302 g/mol. The number of anilines is 2. The number of aromatic nitrogens is 2. The molecule has 2 aliphatic rings. The van der Waals surface area contributed by atoms with Crippen molar-refractivity contribution in [1.82, 2.24) is 9.97 Å². The summed E-state index contributed by atoms with van der Waals surface area (Å²) < 4.78 is 0. The molecule has 2 fully saturated rings. The number of nitrogen functional groups attached to an aromatic ring is 1. The first-order chi connectivity index (χ1) is 9.36. The van der Waals surface area contributed by atoms with Crippen molar-refractivity contribution in [2.45, 2.75) is 36.4 Å². The van der Waals surface area contributed by atoms with Gasteiger partial charge < -0.3 is 31.5 Å². The van der Waals surface area contributed by atoms with E-state index in [9.17, 15) is 20.4 Å². The molecule has 0 unspecified atom stereocenters. The van der Waals surface area contributed by atoms with Crippen molar-refractivity contribution in [2.75, 3.05) is 11.1 Å². The third kappa shape index (κ3) is 1.69. The van der Waals surface area contributed by atoms with Crippen LogP contribution in [0.2, 0.25) is 5.15 Å². The van der Waals surface area contributed by atoms with E-state index in [0.717, 1.165) is 0 Å². The van der Waals surface area contributed by atoms with Crippen molar-refractivity contribution in [3.63, 3.8) is 0 Å². The number of aliphatic hydroxyl groups is 4. The van der Waals surface area contributed by atoms with E-state index in [2.05, 4.69) is 15.3 Å². The first-order valence-electron chi connectivity index (χ1n) is 6.15. The quantitative estimate of drug-likeness (QED) is 0.356. The van der Waals surface area contributed by atoms with Crippen LogP contribution in [0.25, 0.3) is 0 Å². The number of hydrogen-bond donors (Lipinski definition) is 6. The molecular weight excluding hydrogens is 288 g/mol. The van der Waals surface area contributed by atoms with Crippen molar-refractivity contribution < 1.29 is 20.4 Å². The van der Waals surface area contributed by atoms with E-state index < -0.39 is 35.9 Å². The number of nitrogens with two attached hydrogens (primary N) is 1. The second-order valence-corrected chi connectivity index (χ2v) is 5.68. The zero-order valence-electron chi connectivity index (χ0n) is 10.3. The number of fused-ring (bicyclic) bond motifs is 2. The molecule has 0 spiro atoms. The smallest absolute Gasteiger partial charge is 0.157 e. The molecule has 20 heavy (non-hydrogen) atoms. The Morgan fingerprint density at radius 1 is 1.30 bits per heavy atom. The van der Waals surface area contributed by atoms with Gasteiger partial charge in [0.05, 0.1) is 18.2 Å². The number of nitrogens with zero attached hydrogens (tertiary/aromatic N) is 2. The Balaban J connectivity index is 1.90. The van der Waals surface area contributed by atoms with Gasteiger partial charge in [-0.05, 0) is 0 Å². The summed E-state index contributed by atoms with van der Waals surface area (Å²) in [5.74, 6) is -0.534. The zero-order valence-corrected chi connectivity index (χ0v) is 11.1. The molecule has 3 rings (SSSR count). The van der Waals surface area contributed by atoms with E-state index in [1.807, 2.05) is 0 Å². The Morgan fingerprint density at radius 3 is 2.65 bits per heavy atom. The number of nitrogens with one attached hydrogen (secondary N) is 1. The molecule has 6 atom stereocenters. The molecule has 1 aromatic heterocycles. The van der Waals surface area contributed by atoms with Gasteiger partial charge in [0, 0.05) is 12.3 Å². The summed E-state index contributed by atoms with van der Waals surface area (Å²) in [5, 5.41) is 43.1. The van der Waals surface area contributed by atoms with E-state index in [1.165, 1.54) is 6.33 Å². The van der Waals surface area contributed by atoms with Crippen molar-refractivity contribution >= 4 is 23.1 Å². The highest BCUT2D eigenvalue weighted by atomic mass is 35.5. The fourth-order valence-corrected chi connectivity index (χ4v) is 3.34. The van der Waals surface area contributed by atoms with Gasteiger partial charge >= 0.3 is 0 Å². The highest BCUT2D eigenvalue weighted by Crippen LogP contribution is 2.49. The van der Waals surface area contributed by atoms with Crippen molar-refractivity contribution in [3.8, 4) is 0 Å². The highest BCUT2D eigenvalue weighted by Gasteiger charge is 2.67. The molecule has 0 aromatic carbocycles. The Morgan fingerprint density at radius 2 is 2.00 bits per heavy atom. The lowest BCUT2D eigenvalue weighted by atomic mass is 9.88. The van der Waals surface area contributed by atoms with Gasteiger partial charge in [-0.25, -0.2) is 9.97 Å². The van der Waals surface area contributed by atoms with Crippen LogP contribution in [0.5, 0.6) is 0 Å². The summed E-state index contributed by atoms with van der Waals surface area (Å²) >= 11 is 5.77. The molecular formula is C11H15ClN4O4. The molecule has 7 N–H and O–H groups in total. The molecule has 2 bridgehead atoms. The minimum absolute atomic E-state index is 0.0555. The molecule has 9 heteroatoms. The topological polar surface area (TPSA) is 145 Å². The molecule has 1 heterocycles. The van der Waals surface area contributed by atoms with Gasteiger partial charge in [0.25, 0.3) is 0 Å². The second-order valence-electron chi connectivity index (χ2n) is 5.33. The lowest BCUT2D eigenvalue weighted by Crippen LogP contribution is -2.52. The third-order valence-electron chi connectivity index (χ3n) is 4.26. The predicted molar refractivity (Wildman–Crippen MR) is 69.9 cm³/mol. The largest absolute Gasteiger partial charge is 0.393 e. The maximum atomic E-state index is 10.2. The summed E-state index contributed by atoms with van der Waals surface area (Å²) in [6.45, 7) is 0. The molecule has 0 amide bonds. The normalized spacial score (nSPS) is 43.0. The summed E-state index contributed by atoms with van der Waals surface area (Å²) in [6, 6.07) is -0.785. The summed E-state index contributed by atoms with van der Waals surface area (Å²) in [5.41, 5.74) is 4.09. The molecule has 0 radical (unpaired) electrons. The summed E-state index contributed by atoms with van der Waals surface area (Å²) in [7, 11) is 0. The highest BCUT2D eigenvalue weighted by molar-refractivity contribution is 6.32. The maximum absolute atomic E-state index is 10.2. The van der Waals surface area contributed by atoms with Crippen LogP contribution in [-0.2, 0) is 0 Å². The fourth-order valence-electron chi connectivity index (χ4n) is 3.21. The van der Waals surface area contributed by atoms with Crippen molar-refractivity contribution in [2.24, 2.45) is 5.92 Å². The van der Waals surface area contributed by atoms with Gasteiger partial charge in [0.15, 0.2) is 11.0 Å². The van der Waals surface area contributed by atoms with E-state index in [4.69, 9.17) is 17.3 Å². The van der Waals surface area contributed by atoms with Crippen LogP contribution >= 0.6 is 11.6 Å². The Hall–Kier alpha value is -1.19. The average molecular weight is 303 g/mol. The van der Waals surface area contributed by atoms with E-state index in [0.29, 0.717) is 0 Å². The first-order valence-corrected chi connectivity index (χ1v) is 6.53. The minimum atomic E-state index is -1.73. The first kappa shape index (κ1) is 13.8. The van der Waals surface area contributed by atoms with E-state index in [1.54, 1.807) is 0 Å². The molecule has 0 aliphatic heterocycles.